The van der Waals surface area contributed by atoms with Crippen molar-refractivity contribution in [1.82, 2.24) is 39.7 Å². The molecular weight excluding hydrogens is 585 g/mol. The number of benzene rings is 1. The maximum absolute atomic E-state index is 13.6. The zero-order valence-electron chi connectivity index (χ0n) is 24.7. The predicted molar refractivity (Wildman–Crippen MR) is 169 cm³/mol. The molecule has 1 aliphatic heterocycles. The summed E-state index contributed by atoms with van der Waals surface area (Å²) in [5.41, 5.74) is 1.58. The van der Waals surface area contributed by atoms with Crippen LogP contribution in [0.5, 0.6) is 0 Å². The molecule has 2 N–H and O–H groups in total. The van der Waals surface area contributed by atoms with Crippen molar-refractivity contribution in [1.29, 1.82) is 0 Å². The summed E-state index contributed by atoms with van der Waals surface area (Å²) in [6, 6.07) is 8.61. The number of rotatable bonds is 7. The zero-order valence-corrected chi connectivity index (χ0v) is 26.4. The molecule has 0 fully saturated rings. The summed E-state index contributed by atoms with van der Waals surface area (Å²) in [4.78, 5) is 52.2. The summed E-state index contributed by atoms with van der Waals surface area (Å²) in [6.07, 6.45) is 7.15. The van der Waals surface area contributed by atoms with Crippen LogP contribution >= 0.6 is 23.1 Å². The lowest BCUT2D eigenvalue weighted by Crippen LogP contribution is -2.49. The Labute approximate surface area is 259 Å². The van der Waals surface area contributed by atoms with Crippen molar-refractivity contribution in [3.05, 3.63) is 59.6 Å². The average Bonchev–Trinajstić information content (AvgIpc) is 3.71. The van der Waals surface area contributed by atoms with Gasteiger partial charge in [-0.1, -0.05) is 44.2 Å². The van der Waals surface area contributed by atoms with Crippen molar-refractivity contribution in [2.24, 2.45) is 5.92 Å². The summed E-state index contributed by atoms with van der Waals surface area (Å²) in [6.45, 7) is 5.22. The largest absolute Gasteiger partial charge is 0.344 e. The highest BCUT2D eigenvalue weighted by Gasteiger charge is 2.30. The minimum absolute atomic E-state index is 0.00662. The molecule has 0 spiro atoms. The molecule has 0 saturated carbocycles. The molecule has 3 aromatic heterocycles. The van der Waals surface area contributed by atoms with E-state index in [4.69, 9.17) is 10.1 Å². The van der Waals surface area contributed by atoms with Gasteiger partial charge in [-0.05, 0) is 30.8 Å². The van der Waals surface area contributed by atoms with Crippen LogP contribution in [-0.4, -0.2) is 77.9 Å². The summed E-state index contributed by atoms with van der Waals surface area (Å²) in [7, 11) is 0. The van der Waals surface area contributed by atoms with Gasteiger partial charge in [0.2, 0.25) is 17.7 Å². The average molecular weight is 623 g/mol. The van der Waals surface area contributed by atoms with Crippen molar-refractivity contribution in [2.45, 2.75) is 58.2 Å². The first-order valence-electron chi connectivity index (χ1n) is 14.6. The first kappa shape index (κ1) is 30.7. The molecule has 11 nitrogen and oxygen atoms in total. The van der Waals surface area contributed by atoms with Gasteiger partial charge >= 0.3 is 0 Å². The Bertz CT molecular complexity index is 1520. The molecule has 13 heteroatoms. The maximum atomic E-state index is 13.6. The van der Waals surface area contributed by atoms with E-state index >= 15 is 0 Å². The van der Waals surface area contributed by atoms with Crippen LogP contribution in [0.4, 0.5) is 0 Å². The first-order valence-corrected chi connectivity index (χ1v) is 16.9. The van der Waals surface area contributed by atoms with Crippen LogP contribution in [-0.2, 0) is 27.3 Å². The minimum Gasteiger partial charge on any atom is -0.344 e. The van der Waals surface area contributed by atoms with Crippen molar-refractivity contribution < 1.29 is 14.4 Å². The number of carbonyl (C=O) groups is 3. The lowest BCUT2D eigenvalue weighted by Gasteiger charge is -2.28. The van der Waals surface area contributed by atoms with Gasteiger partial charge in [0.05, 0.1) is 24.7 Å². The van der Waals surface area contributed by atoms with Gasteiger partial charge < -0.3 is 15.5 Å². The van der Waals surface area contributed by atoms with Gasteiger partial charge in [0.15, 0.2) is 16.6 Å². The van der Waals surface area contributed by atoms with Gasteiger partial charge in [-0.25, -0.2) is 14.6 Å². The lowest BCUT2D eigenvalue weighted by atomic mass is 10.0. The molecule has 2 atom stereocenters. The Balaban J connectivity index is 1.47. The molecule has 1 aromatic carbocycles. The van der Waals surface area contributed by atoms with Crippen molar-refractivity contribution in [2.75, 3.05) is 25.1 Å². The molecule has 0 radical (unpaired) electrons. The number of imidazole rings is 1. The van der Waals surface area contributed by atoms with E-state index in [1.165, 1.54) is 11.3 Å². The molecule has 3 amide bonds. The Morgan fingerprint density at radius 2 is 1.93 bits per heavy atom. The van der Waals surface area contributed by atoms with E-state index in [0.717, 1.165) is 16.3 Å². The van der Waals surface area contributed by atoms with Crippen LogP contribution in [0.2, 0.25) is 0 Å². The Kier molecular flexibility index (Phi) is 10.1. The second-order valence-corrected chi connectivity index (χ2v) is 12.9. The third-order valence-corrected chi connectivity index (χ3v) is 8.89. The van der Waals surface area contributed by atoms with E-state index in [1.54, 1.807) is 16.7 Å². The molecular formula is C30H38N8O3S2. The summed E-state index contributed by atoms with van der Waals surface area (Å²) in [5.74, 6) is 1.41. The van der Waals surface area contributed by atoms with Crippen molar-refractivity contribution >= 4 is 45.8 Å². The number of amides is 3. The molecule has 4 aromatic rings. The number of thiazole rings is 1. The van der Waals surface area contributed by atoms with Crippen molar-refractivity contribution in [3.8, 4) is 11.4 Å². The number of fused-ring (bicyclic) bond motifs is 2. The summed E-state index contributed by atoms with van der Waals surface area (Å²) in [5, 5.41) is 12.9. The Morgan fingerprint density at radius 3 is 2.67 bits per heavy atom. The van der Waals surface area contributed by atoms with Crippen LogP contribution in [0.15, 0.2) is 48.1 Å². The van der Waals surface area contributed by atoms with Gasteiger partial charge in [0.1, 0.15) is 6.04 Å². The molecule has 0 bridgehead atoms. The van der Waals surface area contributed by atoms with E-state index in [-0.39, 0.29) is 36.5 Å². The Hall–Kier alpha value is -3.71. The second-order valence-electron chi connectivity index (χ2n) is 11.0. The molecule has 0 saturated heterocycles. The number of aromatic nitrogens is 5. The van der Waals surface area contributed by atoms with Crippen LogP contribution < -0.4 is 10.6 Å². The highest BCUT2D eigenvalue weighted by Crippen LogP contribution is 2.25. The fourth-order valence-corrected chi connectivity index (χ4v) is 6.34. The van der Waals surface area contributed by atoms with Gasteiger partial charge in [-0.15, -0.1) is 11.3 Å². The monoisotopic (exact) mass is 622 g/mol. The van der Waals surface area contributed by atoms with E-state index in [2.05, 4.69) is 15.6 Å². The summed E-state index contributed by atoms with van der Waals surface area (Å²) >= 11 is 3.15. The van der Waals surface area contributed by atoms with Gasteiger partial charge in [-0.2, -0.15) is 16.9 Å². The fourth-order valence-electron chi connectivity index (χ4n) is 5.15. The van der Waals surface area contributed by atoms with E-state index < -0.39 is 12.1 Å². The summed E-state index contributed by atoms with van der Waals surface area (Å²) < 4.78 is 3.74. The number of hydrogen-bond donors (Lipinski definition) is 2. The quantitative estimate of drug-likeness (QED) is 0.323. The number of thioether (sulfide) groups is 1. The molecule has 43 heavy (non-hydrogen) atoms. The van der Waals surface area contributed by atoms with Crippen LogP contribution in [0.25, 0.3) is 16.3 Å². The SMILES string of the molecule is CSCC[C@@H]1NC(=O)CCCN(C(=O)Cc2cn3ccsc3n2)CCn2nc(-c3ccccc3)nc2[C@@H](C(C)C)NC1=O. The number of hydrogen-bond acceptors (Lipinski definition) is 8. The second kappa shape index (κ2) is 14.2. The highest BCUT2D eigenvalue weighted by atomic mass is 32.2. The third-order valence-electron chi connectivity index (χ3n) is 7.48. The van der Waals surface area contributed by atoms with Crippen LogP contribution in [0.1, 0.15) is 50.7 Å². The third kappa shape index (κ3) is 7.63. The lowest BCUT2D eigenvalue weighted by molar-refractivity contribution is -0.131. The molecule has 228 valence electrons. The smallest absolute Gasteiger partial charge is 0.243 e. The van der Waals surface area contributed by atoms with Gasteiger partial charge in [-0.3, -0.25) is 18.8 Å². The molecule has 4 heterocycles. The first-order chi connectivity index (χ1) is 20.8. The maximum Gasteiger partial charge on any atom is 0.243 e. The number of carbonyl (C=O) groups excluding carboxylic acids is 3. The standard InChI is InChI=1S/C30H38N8O3S2/c1-20(2)26-28-34-27(21-8-5-4-6-9-21)35-38(28)14-13-36(25(40)18-22-19-37-15-17-43-30(37)31-22)12-7-10-24(39)32-23(11-16-42-3)29(41)33-26/h4-6,8-9,15,17,19-20,23,26H,7,10-14,16,18H2,1-3H3,(H,32,39)(H,33,41)/t23-,26+/m0/s1. The molecule has 0 unspecified atom stereocenters. The van der Waals surface area contributed by atoms with Crippen LogP contribution in [0.3, 0.4) is 0 Å². The van der Waals surface area contributed by atoms with Crippen LogP contribution in [0, 0.1) is 5.92 Å². The Morgan fingerprint density at radius 1 is 1.12 bits per heavy atom. The number of nitrogens with one attached hydrogen (secondary N) is 2. The van der Waals surface area contributed by atoms with E-state index in [0.29, 0.717) is 49.8 Å². The normalized spacial score (nSPS) is 18.7. The molecule has 0 aliphatic carbocycles. The van der Waals surface area contributed by atoms with Crippen molar-refractivity contribution in [3.63, 3.8) is 0 Å². The fraction of sp³-hybridized carbons (Fsp3) is 0.467. The topological polar surface area (TPSA) is 127 Å². The molecule has 5 rings (SSSR count). The minimum atomic E-state index is -0.665. The van der Waals surface area contributed by atoms with Gasteiger partial charge in [0.25, 0.3) is 0 Å². The van der Waals surface area contributed by atoms with E-state index in [9.17, 15) is 14.4 Å². The zero-order chi connectivity index (χ0) is 30.3. The highest BCUT2D eigenvalue weighted by molar-refractivity contribution is 7.98. The number of nitrogens with zero attached hydrogens (tertiary/aromatic N) is 6. The molecule has 1 aliphatic rings. The predicted octanol–water partition coefficient (Wildman–Crippen LogP) is 3.57. The van der Waals surface area contributed by atoms with Gasteiger partial charge in [0, 0.05) is 42.8 Å². The van der Waals surface area contributed by atoms with E-state index in [1.807, 2.05) is 77.3 Å².